The van der Waals surface area contributed by atoms with Gasteiger partial charge in [0.25, 0.3) is 0 Å². The van der Waals surface area contributed by atoms with Crippen molar-refractivity contribution in [2.24, 2.45) is 11.8 Å². The number of carbonyl (C=O) groups is 2. The summed E-state index contributed by atoms with van der Waals surface area (Å²) >= 11 is 19.5. The monoisotopic (exact) mass is 586 g/mol. The number of piperidine rings is 1. The van der Waals surface area contributed by atoms with Gasteiger partial charge in [0.2, 0.25) is 11.8 Å². The van der Waals surface area contributed by atoms with Crippen molar-refractivity contribution >= 4 is 52.3 Å². The SMILES string of the molecule is Cc1cc(OC2CCOCC2)c(C2NC(=O)C[C@@H](C3C=CC=C(Cl)C3)[C@]23C(=O)Nc2cc(Cl)ccc23)cc1Cl. The van der Waals surface area contributed by atoms with Gasteiger partial charge in [-0.2, -0.15) is 0 Å². The lowest BCUT2D eigenvalue weighted by atomic mass is 9.57. The van der Waals surface area contributed by atoms with Gasteiger partial charge in [0, 0.05) is 45.6 Å². The van der Waals surface area contributed by atoms with E-state index in [0.717, 1.165) is 24.0 Å². The molecule has 2 amide bonds. The van der Waals surface area contributed by atoms with Crippen LogP contribution < -0.4 is 15.4 Å². The maximum Gasteiger partial charge on any atom is 0.237 e. The lowest BCUT2D eigenvalue weighted by Crippen LogP contribution is -2.59. The Morgan fingerprint density at radius 1 is 1.05 bits per heavy atom. The van der Waals surface area contributed by atoms with Gasteiger partial charge in [-0.3, -0.25) is 9.59 Å². The number of carbonyl (C=O) groups excluding carboxylic acids is 2. The highest BCUT2D eigenvalue weighted by atomic mass is 35.5. The number of aryl methyl sites for hydroxylation is 1. The van der Waals surface area contributed by atoms with E-state index < -0.39 is 11.5 Å². The van der Waals surface area contributed by atoms with Crippen molar-refractivity contribution in [2.45, 2.75) is 50.2 Å². The van der Waals surface area contributed by atoms with E-state index in [1.165, 1.54) is 0 Å². The molecule has 1 spiro atoms. The van der Waals surface area contributed by atoms with Gasteiger partial charge in [0.1, 0.15) is 17.3 Å². The summed E-state index contributed by atoms with van der Waals surface area (Å²) in [4.78, 5) is 27.8. The van der Waals surface area contributed by atoms with E-state index in [1.807, 2.05) is 37.3 Å². The van der Waals surface area contributed by atoms with Crippen molar-refractivity contribution in [1.82, 2.24) is 5.32 Å². The minimum atomic E-state index is -1.15. The van der Waals surface area contributed by atoms with Crippen molar-refractivity contribution in [2.75, 3.05) is 18.5 Å². The Balaban J connectivity index is 1.55. The summed E-state index contributed by atoms with van der Waals surface area (Å²) in [6.45, 7) is 3.16. The summed E-state index contributed by atoms with van der Waals surface area (Å²) in [5.74, 6) is -0.236. The number of fused-ring (bicyclic) bond motifs is 2. The number of halogens is 3. The lowest BCUT2D eigenvalue weighted by Gasteiger charge is -2.49. The van der Waals surface area contributed by atoms with E-state index in [2.05, 4.69) is 16.7 Å². The van der Waals surface area contributed by atoms with E-state index >= 15 is 0 Å². The number of hydrogen-bond acceptors (Lipinski definition) is 4. The van der Waals surface area contributed by atoms with Crippen LogP contribution in [0, 0.1) is 18.8 Å². The average Bonchev–Trinajstić information content (AvgIpc) is 3.19. The third-order valence-corrected chi connectivity index (χ3v) is 9.37. The maximum absolute atomic E-state index is 14.3. The molecule has 4 atom stereocenters. The second kappa shape index (κ2) is 10.5. The Morgan fingerprint density at radius 3 is 2.62 bits per heavy atom. The molecule has 0 radical (unpaired) electrons. The molecule has 9 heteroatoms. The number of rotatable bonds is 4. The highest BCUT2D eigenvalue weighted by molar-refractivity contribution is 6.32. The van der Waals surface area contributed by atoms with E-state index in [0.29, 0.717) is 51.7 Å². The topological polar surface area (TPSA) is 76.7 Å². The van der Waals surface area contributed by atoms with Crippen molar-refractivity contribution in [3.8, 4) is 5.75 Å². The smallest absolute Gasteiger partial charge is 0.237 e. The first-order valence-corrected chi connectivity index (χ1v) is 14.4. The number of amides is 2. The van der Waals surface area contributed by atoms with E-state index in [4.69, 9.17) is 44.3 Å². The molecule has 1 aliphatic carbocycles. The highest BCUT2D eigenvalue weighted by Gasteiger charge is 2.62. The Labute approximate surface area is 242 Å². The Bertz CT molecular complexity index is 1400. The molecule has 39 heavy (non-hydrogen) atoms. The molecule has 3 heterocycles. The second-order valence-electron chi connectivity index (χ2n) is 10.8. The predicted molar refractivity (Wildman–Crippen MR) is 153 cm³/mol. The highest BCUT2D eigenvalue weighted by Crippen LogP contribution is 2.58. The minimum Gasteiger partial charge on any atom is -0.490 e. The van der Waals surface area contributed by atoms with Crippen molar-refractivity contribution < 1.29 is 19.1 Å². The van der Waals surface area contributed by atoms with Gasteiger partial charge in [-0.05, 0) is 66.6 Å². The number of allylic oxidation sites excluding steroid dienone is 4. The van der Waals surface area contributed by atoms with Crippen LogP contribution in [0.25, 0.3) is 0 Å². The van der Waals surface area contributed by atoms with Gasteiger partial charge < -0.3 is 20.1 Å². The zero-order chi connectivity index (χ0) is 27.3. The molecular weight excluding hydrogens is 559 g/mol. The van der Waals surface area contributed by atoms with Crippen molar-refractivity contribution in [3.63, 3.8) is 0 Å². The Kier molecular flexibility index (Phi) is 7.17. The fraction of sp³-hybridized carbons (Fsp3) is 0.400. The van der Waals surface area contributed by atoms with Gasteiger partial charge >= 0.3 is 0 Å². The molecule has 3 aliphatic heterocycles. The van der Waals surface area contributed by atoms with Gasteiger partial charge in [-0.25, -0.2) is 0 Å². The molecule has 2 fully saturated rings. The van der Waals surface area contributed by atoms with Crippen LogP contribution >= 0.6 is 34.8 Å². The van der Waals surface area contributed by atoms with Crippen LogP contribution in [0.3, 0.4) is 0 Å². The standard InChI is InChI=1S/C30H29Cl3N2O4/c1-16-11-26(39-20-7-9-38-10-8-20)21(14-24(16)33)28-30(22-6-5-19(32)13-25(22)34-29(30)37)23(15-27(36)35-28)17-3-2-4-18(31)12-17/h2-6,11,13-14,17,20,23,28H,7-10,12,15H2,1H3,(H,34,37)(H,35,36)/t17?,23-,28?,30-/m0/s1. The summed E-state index contributed by atoms with van der Waals surface area (Å²) < 4.78 is 12.1. The average molecular weight is 588 g/mol. The molecule has 6 nitrogen and oxygen atoms in total. The first-order chi connectivity index (χ1) is 18.8. The number of hydrogen-bond donors (Lipinski definition) is 2. The number of nitrogens with one attached hydrogen (secondary N) is 2. The minimum absolute atomic E-state index is 0.0437. The normalized spacial score (nSPS) is 28.6. The molecule has 6 rings (SSSR count). The summed E-state index contributed by atoms with van der Waals surface area (Å²) in [6.07, 6.45) is 7.99. The maximum atomic E-state index is 14.3. The molecule has 4 aliphatic rings. The first-order valence-electron chi connectivity index (χ1n) is 13.3. The first kappa shape index (κ1) is 26.7. The summed E-state index contributed by atoms with van der Waals surface area (Å²) in [7, 11) is 0. The van der Waals surface area contributed by atoms with E-state index in [-0.39, 0.29) is 36.2 Å². The quantitative estimate of drug-likeness (QED) is 0.421. The van der Waals surface area contributed by atoms with Crippen LogP contribution in [0.5, 0.6) is 5.75 Å². The molecule has 2 saturated heterocycles. The lowest BCUT2D eigenvalue weighted by molar-refractivity contribution is -0.135. The third-order valence-electron chi connectivity index (χ3n) is 8.45. The van der Waals surface area contributed by atoms with E-state index in [9.17, 15) is 9.59 Å². The Hall–Kier alpha value is -2.51. The van der Waals surface area contributed by atoms with Crippen LogP contribution in [-0.4, -0.2) is 31.1 Å². The zero-order valence-corrected chi connectivity index (χ0v) is 23.7. The van der Waals surface area contributed by atoms with Crippen LogP contribution in [-0.2, 0) is 19.7 Å². The summed E-state index contributed by atoms with van der Waals surface area (Å²) in [5.41, 5.74) is 1.81. The van der Waals surface area contributed by atoms with Crippen LogP contribution in [0.15, 0.2) is 53.6 Å². The molecule has 0 bridgehead atoms. The molecule has 0 aromatic heterocycles. The van der Waals surface area contributed by atoms with Gasteiger partial charge in [0.15, 0.2) is 0 Å². The van der Waals surface area contributed by atoms with Gasteiger partial charge in [-0.15, -0.1) is 0 Å². The molecule has 2 unspecified atom stereocenters. The second-order valence-corrected chi connectivity index (χ2v) is 12.1. The van der Waals surface area contributed by atoms with Crippen molar-refractivity contribution in [3.05, 3.63) is 80.3 Å². The van der Waals surface area contributed by atoms with Crippen LogP contribution in [0.2, 0.25) is 10.0 Å². The van der Waals surface area contributed by atoms with Crippen LogP contribution in [0.1, 0.15) is 48.4 Å². The van der Waals surface area contributed by atoms with Gasteiger partial charge in [0.05, 0.1) is 19.3 Å². The third kappa shape index (κ3) is 4.65. The molecular formula is C30H29Cl3N2O4. The molecule has 2 aromatic rings. The summed E-state index contributed by atoms with van der Waals surface area (Å²) in [5, 5.41) is 8.02. The molecule has 2 N–H and O–H groups in total. The van der Waals surface area contributed by atoms with Crippen molar-refractivity contribution in [1.29, 1.82) is 0 Å². The number of benzene rings is 2. The Morgan fingerprint density at radius 2 is 1.85 bits per heavy atom. The zero-order valence-electron chi connectivity index (χ0n) is 21.4. The predicted octanol–water partition coefficient (Wildman–Crippen LogP) is 6.63. The van der Waals surface area contributed by atoms with Crippen LogP contribution in [0.4, 0.5) is 5.69 Å². The number of ether oxygens (including phenoxy) is 2. The summed E-state index contributed by atoms with van der Waals surface area (Å²) in [6, 6.07) is 8.46. The fourth-order valence-electron chi connectivity index (χ4n) is 6.62. The fourth-order valence-corrected chi connectivity index (χ4v) is 7.21. The van der Waals surface area contributed by atoms with Gasteiger partial charge in [-0.1, -0.05) is 53.0 Å². The largest absolute Gasteiger partial charge is 0.490 e. The molecule has 0 saturated carbocycles. The molecule has 2 aromatic carbocycles. The molecule has 204 valence electrons. The number of anilines is 1. The van der Waals surface area contributed by atoms with E-state index in [1.54, 1.807) is 12.1 Å².